The Hall–Kier alpha value is -2.30. The lowest BCUT2D eigenvalue weighted by Crippen LogP contribution is -2.18. The van der Waals surface area contributed by atoms with Gasteiger partial charge in [-0.1, -0.05) is 24.3 Å². The summed E-state index contributed by atoms with van der Waals surface area (Å²) in [7, 11) is 0. The molecule has 0 heterocycles. The molecule has 0 N–H and O–H groups in total. The summed E-state index contributed by atoms with van der Waals surface area (Å²) < 4.78 is 55.5. The van der Waals surface area contributed by atoms with Gasteiger partial charge in [-0.2, -0.15) is 0 Å². The van der Waals surface area contributed by atoms with E-state index in [4.69, 9.17) is 0 Å². The molecule has 3 rings (SSSR count). The van der Waals surface area contributed by atoms with Crippen molar-refractivity contribution in [3.05, 3.63) is 77.1 Å². The number of ether oxygens (including phenoxy) is 1. The molecule has 0 spiro atoms. The number of fused-ring (bicyclic) bond motifs is 1. The van der Waals surface area contributed by atoms with Crippen molar-refractivity contribution in [1.29, 1.82) is 0 Å². The van der Waals surface area contributed by atoms with E-state index < -0.39 is 6.36 Å². The summed E-state index contributed by atoms with van der Waals surface area (Å²) in [5.74, 6) is -0.380. The van der Waals surface area contributed by atoms with Gasteiger partial charge in [0, 0.05) is 0 Å². The van der Waals surface area contributed by atoms with E-state index in [2.05, 4.69) is 11.3 Å². The van der Waals surface area contributed by atoms with Crippen molar-refractivity contribution in [1.82, 2.24) is 0 Å². The van der Waals surface area contributed by atoms with Crippen LogP contribution in [0.25, 0.3) is 0 Å². The molecule has 0 fully saturated rings. The molecule has 2 aromatic rings. The van der Waals surface area contributed by atoms with Gasteiger partial charge in [-0.15, -0.1) is 19.8 Å². The van der Waals surface area contributed by atoms with Crippen LogP contribution in [0, 0.1) is 5.82 Å². The summed E-state index contributed by atoms with van der Waals surface area (Å²) >= 11 is 0. The van der Waals surface area contributed by atoms with Crippen LogP contribution in [-0.4, -0.2) is 6.36 Å². The Bertz CT molecular complexity index is 795. The zero-order chi connectivity index (χ0) is 18.7. The lowest BCUT2D eigenvalue weighted by molar-refractivity contribution is -0.274. The monoisotopic (exact) mass is 364 g/mol. The van der Waals surface area contributed by atoms with Gasteiger partial charge in [-0.25, -0.2) is 4.39 Å². The fraction of sp³-hybridized carbons (Fsp3) is 0.333. The van der Waals surface area contributed by atoms with E-state index in [1.54, 1.807) is 18.2 Å². The maximum Gasteiger partial charge on any atom is 0.573 e. The normalized spacial score (nSPS) is 16.8. The molecule has 0 amide bonds. The van der Waals surface area contributed by atoms with Gasteiger partial charge >= 0.3 is 6.36 Å². The molecule has 0 aliphatic heterocycles. The third kappa shape index (κ3) is 4.45. The van der Waals surface area contributed by atoms with Gasteiger partial charge in [0.2, 0.25) is 0 Å². The minimum Gasteiger partial charge on any atom is -0.406 e. The Labute approximate surface area is 150 Å². The van der Waals surface area contributed by atoms with Gasteiger partial charge in [0.05, 0.1) is 0 Å². The van der Waals surface area contributed by atoms with E-state index in [0.29, 0.717) is 24.8 Å². The van der Waals surface area contributed by atoms with Gasteiger partial charge in [0.25, 0.3) is 0 Å². The van der Waals surface area contributed by atoms with E-state index in [-0.39, 0.29) is 17.5 Å². The molecule has 26 heavy (non-hydrogen) atoms. The van der Waals surface area contributed by atoms with E-state index in [1.165, 1.54) is 12.1 Å². The quantitative estimate of drug-likeness (QED) is 0.459. The zero-order valence-electron chi connectivity index (χ0n) is 14.3. The average Bonchev–Trinajstić information content (AvgIpc) is 2.58. The molecule has 0 saturated heterocycles. The predicted molar refractivity (Wildman–Crippen MR) is 92.8 cm³/mol. The summed E-state index contributed by atoms with van der Waals surface area (Å²) in [5.41, 5.74) is 3.40. The first-order chi connectivity index (χ1) is 12.4. The van der Waals surface area contributed by atoms with Crippen molar-refractivity contribution in [2.45, 2.75) is 44.4 Å². The number of hydrogen-bond acceptors (Lipinski definition) is 1. The van der Waals surface area contributed by atoms with E-state index >= 15 is 0 Å². The van der Waals surface area contributed by atoms with Gasteiger partial charge in [-0.3, -0.25) is 0 Å². The number of aryl methyl sites for hydroxylation is 2. The fourth-order valence-corrected chi connectivity index (χ4v) is 3.52. The molecule has 0 saturated carbocycles. The highest BCUT2D eigenvalue weighted by atomic mass is 19.4. The lowest BCUT2D eigenvalue weighted by Gasteiger charge is -2.26. The Morgan fingerprint density at radius 2 is 1.92 bits per heavy atom. The van der Waals surface area contributed by atoms with Gasteiger partial charge < -0.3 is 4.74 Å². The molecule has 0 radical (unpaired) electrons. The second kappa shape index (κ2) is 7.52. The average molecular weight is 364 g/mol. The summed E-state index contributed by atoms with van der Waals surface area (Å²) in [6, 6.07) is 9.77. The predicted octanol–water partition coefficient (Wildman–Crippen LogP) is 6.12. The molecule has 1 atom stereocenters. The Kier molecular flexibility index (Phi) is 5.35. The highest BCUT2D eigenvalue weighted by Gasteiger charge is 2.31. The molecule has 1 nitrogen and oxygen atoms in total. The van der Waals surface area contributed by atoms with Crippen molar-refractivity contribution in [2.75, 3.05) is 0 Å². The van der Waals surface area contributed by atoms with Crippen molar-refractivity contribution >= 4 is 0 Å². The summed E-state index contributed by atoms with van der Waals surface area (Å²) in [4.78, 5) is 0. The minimum absolute atomic E-state index is 0.0327. The van der Waals surface area contributed by atoms with Crippen LogP contribution in [0.2, 0.25) is 0 Å². The van der Waals surface area contributed by atoms with Crippen LogP contribution in [-0.2, 0) is 19.3 Å². The van der Waals surface area contributed by atoms with Crippen molar-refractivity contribution < 1.29 is 22.3 Å². The summed E-state index contributed by atoms with van der Waals surface area (Å²) in [6.45, 7) is 3.67. The van der Waals surface area contributed by atoms with Crippen LogP contribution in [0.1, 0.15) is 41.0 Å². The van der Waals surface area contributed by atoms with Gasteiger partial charge in [0.1, 0.15) is 11.6 Å². The molecule has 1 unspecified atom stereocenters. The second-order valence-electron chi connectivity index (χ2n) is 6.60. The first-order valence-corrected chi connectivity index (χ1v) is 8.62. The Morgan fingerprint density at radius 1 is 1.12 bits per heavy atom. The molecule has 2 aromatic carbocycles. The van der Waals surface area contributed by atoms with Crippen LogP contribution in [0.5, 0.6) is 5.75 Å². The van der Waals surface area contributed by atoms with Crippen LogP contribution in [0.15, 0.2) is 49.1 Å². The fourth-order valence-electron chi connectivity index (χ4n) is 3.52. The van der Waals surface area contributed by atoms with Crippen LogP contribution in [0.3, 0.4) is 0 Å². The van der Waals surface area contributed by atoms with Crippen molar-refractivity contribution in [3.63, 3.8) is 0 Å². The molecule has 0 aromatic heterocycles. The number of benzene rings is 2. The molecule has 5 heteroatoms. The minimum atomic E-state index is -4.69. The van der Waals surface area contributed by atoms with Crippen LogP contribution < -0.4 is 4.74 Å². The highest BCUT2D eigenvalue weighted by Crippen LogP contribution is 2.36. The number of alkyl halides is 3. The van der Waals surface area contributed by atoms with Crippen LogP contribution >= 0.6 is 0 Å². The first-order valence-electron chi connectivity index (χ1n) is 8.62. The summed E-state index contributed by atoms with van der Waals surface area (Å²) in [5, 5.41) is 0. The van der Waals surface area contributed by atoms with E-state index in [0.717, 1.165) is 29.5 Å². The Morgan fingerprint density at radius 3 is 2.62 bits per heavy atom. The Balaban J connectivity index is 1.75. The SMILES string of the molecule is C=CCCc1ccc(C2CCc3cc(OC(F)(F)F)ccc3C2)c(F)c1. The largest absolute Gasteiger partial charge is 0.573 e. The maximum absolute atomic E-state index is 14.5. The topological polar surface area (TPSA) is 9.23 Å². The number of allylic oxidation sites excluding steroid dienone is 1. The highest BCUT2D eigenvalue weighted by molar-refractivity contribution is 5.40. The standard InChI is InChI=1S/C21H20F4O/c1-2-3-4-14-5-10-19(20(22)11-14)17-7-6-16-13-18(26-21(23,24)25)9-8-15(16)12-17/h2,5,8-11,13,17H,1,3-4,6-7,12H2. The summed E-state index contributed by atoms with van der Waals surface area (Å²) in [6.07, 6.45) is 0.597. The molecule has 1 aliphatic rings. The lowest BCUT2D eigenvalue weighted by atomic mass is 9.79. The van der Waals surface area contributed by atoms with Crippen molar-refractivity contribution in [2.24, 2.45) is 0 Å². The number of halogens is 4. The molecule has 138 valence electrons. The van der Waals surface area contributed by atoms with E-state index in [9.17, 15) is 17.6 Å². The zero-order valence-corrected chi connectivity index (χ0v) is 14.3. The third-order valence-corrected chi connectivity index (χ3v) is 4.78. The number of rotatable bonds is 5. The van der Waals surface area contributed by atoms with Crippen molar-refractivity contribution in [3.8, 4) is 5.75 Å². The second-order valence-corrected chi connectivity index (χ2v) is 6.60. The maximum atomic E-state index is 14.5. The molecule has 0 bridgehead atoms. The third-order valence-electron chi connectivity index (χ3n) is 4.78. The van der Waals surface area contributed by atoms with E-state index in [1.807, 2.05) is 12.1 Å². The first kappa shape index (κ1) is 18.5. The number of hydrogen-bond donors (Lipinski definition) is 0. The van der Waals surface area contributed by atoms with Crippen LogP contribution in [0.4, 0.5) is 17.6 Å². The molecule has 1 aliphatic carbocycles. The van der Waals surface area contributed by atoms with Gasteiger partial charge in [0.15, 0.2) is 0 Å². The molecular weight excluding hydrogens is 344 g/mol. The van der Waals surface area contributed by atoms with Gasteiger partial charge in [-0.05, 0) is 78.5 Å². The molecular formula is C21H20F4O. The smallest absolute Gasteiger partial charge is 0.406 e.